The standard InChI is InChI=1S/C11H17O3P/c1-3-4-9-15(12,13)14-11-8-6-5-7-10(11)2/h5-8H,3-4,9H2,1-2H3,(H,12,13). The van der Waals surface area contributed by atoms with Gasteiger partial charge in [0.15, 0.2) is 0 Å². The lowest BCUT2D eigenvalue weighted by atomic mass is 10.2. The molecule has 0 heterocycles. The number of unbranched alkanes of at least 4 members (excludes halogenated alkanes) is 1. The van der Waals surface area contributed by atoms with Crippen LogP contribution in [-0.2, 0) is 4.57 Å². The first-order valence-corrected chi connectivity index (χ1v) is 6.88. The van der Waals surface area contributed by atoms with E-state index < -0.39 is 7.60 Å². The Morgan fingerprint density at radius 2 is 2.07 bits per heavy atom. The summed E-state index contributed by atoms with van der Waals surface area (Å²) >= 11 is 0. The molecule has 15 heavy (non-hydrogen) atoms. The molecule has 4 heteroatoms. The van der Waals surface area contributed by atoms with Crippen molar-refractivity contribution in [3.8, 4) is 5.75 Å². The summed E-state index contributed by atoms with van der Waals surface area (Å²) < 4.78 is 16.8. The molecule has 0 fully saturated rings. The lowest BCUT2D eigenvalue weighted by Gasteiger charge is -2.14. The Hall–Kier alpha value is -0.790. The third-order valence-corrected chi connectivity index (χ3v) is 3.49. The first-order chi connectivity index (χ1) is 7.05. The van der Waals surface area contributed by atoms with Gasteiger partial charge in [-0.25, -0.2) is 4.57 Å². The van der Waals surface area contributed by atoms with E-state index >= 15 is 0 Å². The number of para-hydroxylation sites is 1. The van der Waals surface area contributed by atoms with Gasteiger partial charge in [0.25, 0.3) is 0 Å². The first-order valence-electron chi connectivity index (χ1n) is 5.12. The van der Waals surface area contributed by atoms with Crippen LogP contribution in [0.3, 0.4) is 0 Å². The van der Waals surface area contributed by atoms with Crippen molar-refractivity contribution in [2.45, 2.75) is 26.7 Å². The highest BCUT2D eigenvalue weighted by Crippen LogP contribution is 2.44. The third-order valence-electron chi connectivity index (χ3n) is 2.13. The second-order valence-electron chi connectivity index (χ2n) is 3.57. The number of rotatable bonds is 5. The highest BCUT2D eigenvalue weighted by atomic mass is 31.2. The molecule has 1 N–H and O–H groups in total. The van der Waals surface area contributed by atoms with Gasteiger partial charge in [-0.1, -0.05) is 31.5 Å². The summed E-state index contributed by atoms with van der Waals surface area (Å²) in [7, 11) is -3.46. The Bertz CT molecular complexity index is 363. The fourth-order valence-electron chi connectivity index (χ4n) is 1.22. The van der Waals surface area contributed by atoms with Crippen molar-refractivity contribution in [1.82, 2.24) is 0 Å². The lowest BCUT2D eigenvalue weighted by Crippen LogP contribution is -1.98. The van der Waals surface area contributed by atoms with E-state index in [0.717, 1.165) is 12.0 Å². The molecule has 0 aliphatic heterocycles. The summed E-state index contributed by atoms with van der Waals surface area (Å²) in [6.45, 7) is 3.84. The zero-order valence-corrected chi connectivity index (χ0v) is 10.0. The van der Waals surface area contributed by atoms with Gasteiger partial charge in [0, 0.05) is 0 Å². The highest BCUT2D eigenvalue weighted by Gasteiger charge is 2.20. The summed E-state index contributed by atoms with van der Waals surface area (Å²) in [5.74, 6) is 0.499. The smallest absolute Gasteiger partial charge is 0.376 e. The predicted octanol–water partition coefficient (Wildman–Crippen LogP) is 3.36. The summed E-state index contributed by atoms with van der Waals surface area (Å²) in [6.07, 6.45) is 1.82. The molecule has 1 aromatic carbocycles. The van der Waals surface area contributed by atoms with E-state index in [4.69, 9.17) is 4.52 Å². The van der Waals surface area contributed by atoms with E-state index in [0.29, 0.717) is 12.2 Å². The minimum Gasteiger partial charge on any atom is -0.424 e. The number of aryl methyl sites for hydroxylation is 1. The van der Waals surface area contributed by atoms with Gasteiger partial charge in [-0.3, -0.25) is 0 Å². The maximum absolute atomic E-state index is 11.6. The van der Waals surface area contributed by atoms with Crippen molar-refractivity contribution in [2.75, 3.05) is 6.16 Å². The largest absolute Gasteiger partial charge is 0.424 e. The summed E-state index contributed by atoms with van der Waals surface area (Å²) in [5.41, 5.74) is 0.878. The zero-order valence-electron chi connectivity index (χ0n) is 9.14. The Morgan fingerprint density at radius 3 is 2.67 bits per heavy atom. The zero-order chi connectivity index (χ0) is 11.3. The number of benzene rings is 1. The van der Waals surface area contributed by atoms with Crippen molar-refractivity contribution in [1.29, 1.82) is 0 Å². The van der Waals surface area contributed by atoms with Gasteiger partial charge in [0.2, 0.25) is 0 Å². The molecule has 1 atom stereocenters. The van der Waals surface area contributed by atoms with E-state index in [-0.39, 0.29) is 6.16 Å². The molecular formula is C11H17O3P. The molecule has 0 saturated heterocycles. The average molecular weight is 228 g/mol. The molecule has 1 aromatic rings. The van der Waals surface area contributed by atoms with Crippen molar-refractivity contribution in [3.05, 3.63) is 29.8 Å². The molecule has 0 spiro atoms. The van der Waals surface area contributed by atoms with E-state index in [1.54, 1.807) is 12.1 Å². The molecule has 0 aliphatic rings. The molecule has 0 amide bonds. The van der Waals surface area contributed by atoms with Crippen LogP contribution in [0.2, 0.25) is 0 Å². The van der Waals surface area contributed by atoms with Crippen LogP contribution in [0.15, 0.2) is 24.3 Å². The monoisotopic (exact) mass is 228 g/mol. The molecular weight excluding hydrogens is 211 g/mol. The SMILES string of the molecule is CCCCP(=O)(O)Oc1ccccc1C. The van der Waals surface area contributed by atoms with Gasteiger partial charge < -0.3 is 9.42 Å². The van der Waals surface area contributed by atoms with Gasteiger partial charge in [-0.05, 0) is 25.0 Å². The topological polar surface area (TPSA) is 46.5 Å². The maximum Gasteiger partial charge on any atom is 0.376 e. The van der Waals surface area contributed by atoms with Crippen molar-refractivity contribution < 1.29 is 14.0 Å². The number of hydrogen-bond acceptors (Lipinski definition) is 2. The Labute approximate surface area is 90.6 Å². The average Bonchev–Trinajstić information content (AvgIpc) is 2.18. The van der Waals surface area contributed by atoms with E-state index in [1.165, 1.54) is 0 Å². The Balaban J connectivity index is 2.69. The molecule has 1 rings (SSSR count). The minimum absolute atomic E-state index is 0.220. The van der Waals surface area contributed by atoms with Crippen LogP contribution in [0.5, 0.6) is 5.75 Å². The van der Waals surface area contributed by atoms with Crippen LogP contribution in [0, 0.1) is 6.92 Å². The van der Waals surface area contributed by atoms with E-state index in [9.17, 15) is 9.46 Å². The van der Waals surface area contributed by atoms with Crippen LogP contribution in [0.4, 0.5) is 0 Å². The van der Waals surface area contributed by atoms with Crippen molar-refractivity contribution in [3.63, 3.8) is 0 Å². The fraction of sp³-hybridized carbons (Fsp3) is 0.455. The molecule has 0 aromatic heterocycles. The first kappa shape index (κ1) is 12.3. The van der Waals surface area contributed by atoms with Gasteiger partial charge in [0.05, 0.1) is 6.16 Å². The van der Waals surface area contributed by atoms with Gasteiger partial charge in [-0.2, -0.15) is 0 Å². The third kappa shape index (κ3) is 4.06. The second kappa shape index (κ2) is 5.34. The lowest BCUT2D eigenvalue weighted by molar-refractivity contribution is 0.377. The van der Waals surface area contributed by atoms with Gasteiger partial charge in [0.1, 0.15) is 5.75 Å². The number of hydrogen-bond donors (Lipinski definition) is 1. The molecule has 0 radical (unpaired) electrons. The Kier molecular flexibility index (Phi) is 4.37. The molecule has 0 saturated carbocycles. The van der Waals surface area contributed by atoms with E-state index in [1.807, 2.05) is 26.0 Å². The second-order valence-corrected chi connectivity index (χ2v) is 5.48. The quantitative estimate of drug-likeness (QED) is 0.786. The summed E-state index contributed by atoms with van der Waals surface area (Å²) in [4.78, 5) is 9.56. The van der Waals surface area contributed by atoms with Gasteiger partial charge >= 0.3 is 7.60 Å². The van der Waals surface area contributed by atoms with Crippen molar-refractivity contribution >= 4 is 7.60 Å². The van der Waals surface area contributed by atoms with Crippen molar-refractivity contribution in [2.24, 2.45) is 0 Å². The Morgan fingerprint density at radius 1 is 1.40 bits per heavy atom. The predicted molar refractivity (Wildman–Crippen MR) is 61.4 cm³/mol. The summed E-state index contributed by atoms with van der Waals surface area (Å²) in [6, 6.07) is 7.23. The normalized spacial score (nSPS) is 14.6. The summed E-state index contributed by atoms with van der Waals surface area (Å²) in [5, 5.41) is 0. The molecule has 1 unspecified atom stereocenters. The molecule has 84 valence electrons. The van der Waals surface area contributed by atoms with Crippen LogP contribution < -0.4 is 4.52 Å². The van der Waals surface area contributed by atoms with E-state index in [2.05, 4.69) is 0 Å². The van der Waals surface area contributed by atoms with Crippen LogP contribution in [-0.4, -0.2) is 11.1 Å². The maximum atomic E-state index is 11.6. The molecule has 3 nitrogen and oxygen atoms in total. The minimum atomic E-state index is -3.46. The van der Waals surface area contributed by atoms with Gasteiger partial charge in [-0.15, -0.1) is 0 Å². The highest BCUT2D eigenvalue weighted by molar-refractivity contribution is 7.53. The van der Waals surface area contributed by atoms with Crippen LogP contribution >= 0.6 is 7.60 Å². The molecule has 0 bridgehead atoms. The van der Waals surface area contributed by atoms with Crippen LogP contribution in [0.1, 0.15) is 25.3 Å². The molecule has 0 aliphatic carbocycles. The fourth-order valence-corrected chi connectivity index (χ4v) is 2.54. The van der Waals surface area contributed by atoms with Crippen LogP contribution in [0.25, 0.3) is 0 Å².